The summed E-state index contributed by atoms with van der Waals surface area (Å²) in [7, 11) is 2.82. The molecule has 8 nitrogen and oxygen atoms in total. The van der Waals surface area contributed by atoms with Crippen LogP contribution in [0.15, 0.2) is 30.5 Å². The first-order valence-corrected chi connectivity index (χ1v) is 11.2. The highest BCUT2D eigenvalue weighted by Crippen LogP contribution is 2.39. The number of rotatable bonds is 11. The number of nitrogens with zero attached hydrogens (tertiary/aromatic N) is 1. The van der Waals surface area contributed by atoms with E-state index >= 15 is 0 Å². The van der Waals surface area contributed by atoms with E-state index in [0.29, 0.717) is 5.75 Å². The summed E-state index contributed by atoms with van der Waals surface area (Å²) in [5.41, 5.74) is 0.484. The number of nitrogens with one attached hydrogen (secondary N) is 1. The third kappa shape index (κ3) is 6.15. The molecule has 0 unspecified atom stereocenters. The van der Waals surface area contributed by atoms with Gasteiger partial charge in [-0.1, -0.05) is 32.8 Å². The molecule has 9 heteroatoms. The van der Waals surface area contributed by atoms with E-state index in [-0.39, 0.29) is 23.3 Å². The Bertz CT molecular complexity index is 995. The van der Waals surface area contributed by atoms with E-state index in [1.807, 2.05) is 13.8 Å². The predicted molar refractivity (Wildman–Crippen MR) is 125 cm³/mol. The molecule has 1 amide bonds. The van der Waals surface area contributed by atoms with Gasteiger partial charge in [0.25, 0.3) is 5.91 Å². The molecule has 0 saturated heterocycles. The summed E-state index contributed by atoms with van der Waals surface area (Å²) in [6.45, 7) is 7.34. The maximum absolute atomic E-state index is 13.8. The summed E-state index contributed by atoms with van der Waals surface area (Å²) in [6, 6.07) is 4.73. The fourth-order valence-corrected chi connectivity index (χ4v) is 4.10. The lowest BCUT2D eigenvalue weighted by molar-refractivity contribution is -0.152. The van der Waals surface area contributed by atoms with Crippen molar-refractivity contribution in [2.45, 2.75) is 58.6 Å². The largest absolute Gasteiger partial charge is 0.503 e. The van der Waals surface area contributed by atoms with Crippen LogP contribution in [0.3, 0.4) is 0 Å². The number of hydrogen-bond acceptors (Lipinski definition) is 7. The van der Waals surface area contributed by atoms with Gasteiger partial charge in [-0.3, -0.25) is 4.79 Å². The van der Waals surface area contributed by atoms with Crippen molar-refractivity contribution in [3.63, 3.8) is 0 Å². The van der Waals surface area contributed by atoms with Crippen LogP contribution >= 0.6 is 0 Å². The second-order valence-electron chi connectivity index (χ2n) is 8.04. The zero-order valence-electron chi connectivity index (χ0n) is 20.4. The summed E-state index contributed by atoms with van der Waals surface area (Å²) in [5.74, 6) is -1.86. The van der Waals surface area contributed by atoms with Gasteiger partial charge < -0.3 is 24.6 Å². The number of carbonyl (C=O) groups is 2. The van der Waals surface area contributed by atoms with Gasteiger partial charge in [0, 0.05) is 29.8 Å². The molecule has 2 rings (SSSR count). The summed E-state index contributed by atoms with van der Waals surface area (Å²) in [4.78, 5) is 29.3. The van der Waals surface area contributed by atoms with Crippen molar-refractivity contribution in [3.8, 4) is 17.2 Å². The number of carbonyl (C=O) groups excluding carboxylic acids is 2. The molecular weight excluding hydrogens is 443 g/mol. The van der Waals surface area contributed by atoms with Gasteiger partial charge in [-0.25, -0.2) is 14.2 Å². The summed E-state index contributed by atoms with van der Waals surface area (Å²) < 4.78 is 29.9. The average molecular weight is 477 g/mol. The van der Waals surface area contributed by atoms with E-state index in [0.717, 1.165) is 18.4 Å². The van der Waals surface area contributed by atoms with Crippen molar-refractivity contribution < 1.29 is 33.3 Å². The molecule has 1 aromatic carbocycles. The van der Waals surface area contributed by atoms with Crippen molar-refractivity contribution in [3.05, 3.63) is 47.5 Å². The monoisotopic (exact) mass is 476 g/mol. The number of benzene rings is 1. The first kappa shape index (κ1) is 26.9. The Labute approximate surface area is 199 Å². The van der Waals surface area contributed by atoms with Crippen LogP contribution < -0.4 is 14.8 Å². The van der Waals surface area contributed by atoms with E-state index in [1.165, 1.54) is 45.5 Å². The number of methoxy groups -OCH3 is 2. The van der Waals surface area contributed by atoms with Crippen LogP contribution in [0.25, 0.3) is 0 Å². The van der Waals surface area contributed by atoms with Gasteiger partial charge in [-0.15, -0.1) is 0 Å². The molecule has 186 valence electrons. The third-order valence-corrected chi connectivity index (χ3v) is 5.94. The van der Waals surface area contributed by atoms with E-state index in [4.69, 9.17) is 14.2 Å². The van der Waals surface area contributed by atoms with Crippen LogP contribution in [0.1, 0.15) is 62.5 Å². The van der Waals surface area contributed by atoms with Crippen LogP contribution in [0.4, 0.5) is 4.39 Å². The number of halogens is 1. The van der Waals surface area contributed by atoms with Crippen molar-refractivity contribution >= 4 is 11.9 Å². The molecule has 0 aliphatic heterocycles. The Morgan fingerprint density at radius 1 is 1.09 bits per heavy atom. The van der Waals surface area contributed by atoms with Gasteiger partial charge in [0.1, 0.15) is 23.7 Å². The minimum atomic E-state index is -1.01. The van der Waals surface area contributed by atoms with Crippen LogP contribution in [0, 0.1) is 11.7 Å². The zero-order valence-corrected chi connectivity index (χ0v) is 20.4. The Hall–Kier alpha value is -3.36. The quantitative estimate of drug-likeness (QED) is 0.468. The molecule has 0 aliphatic carbocycles. The van der Waals surface area contributed by atoms with Gasteiger partial charge in [-0.2, -0.15) is 0 Å². The Morgan fingerprint density at radius 2 is 1.74 bits per heavy atom. The number of esters is 1. The predicted octanol–water partition coefficient (Wildman–Crippen LogP) is 4.21. The van der Waals surface area contributed by atoms with Crippen molar-refractivity contribution in [1.29, 1.82) is 0 Å². The molecule has 34 heavy (non-hydrogen) atoms. The highest BCUT2D eigenvalue weighted by molar-refractivity contribution is 5.97. The summed E-state index contributed by atoms with van der Waals surface area (Å²) in [6.07, 6.45) is 2.36. The minimum Gasteiger partial charge on any atom is -0.503 e. The lowest BCUT2D eigenvalue weighted by atomic mass is 9.79. The standard InChI is InChI=1S/C25H33FN2O6/c1-7-16(8-2)21(18-10-9-17(26)13-20(18)33-6)15(4)34-25(31)14(3)28-24(30)22-23(29)19(32-5)11-12-27-22/h9-16,21,29H,7-8H2,1-6H3,(H,28,30)/t14-,15-,21-/m0/s1. The molecule has 3 atom stereocenters. The number of aromatic nitrogens is 1. The fraction of sp³-hybridized carbons (Fsp3) is 0.480. The van der Waals surface area contributed by atoms with E-state index in [1.54, 1.807) is 13.0 Å². The van der Waals surface area contributed by atoms with Crippen molar-refractivity contribution in [1.82, 2.24) is 10.3 Å². The average Bonchev–Trinajstić information content (AvgIpc) is 2.82. The molecule has 0 radical (unpaired) electrons. The SMILES string of the molecule is CCC(CC)[C@@H](c1ccc(F)cc1OC)[C@H](C)OC(=O)[C@H](C)NC(=O)c1nccc(OC)c1O. The number of amides is 1. The normalized spacial score (nSPS) is 13.6. The zero-order chi connectivity index (χ0) is 25.4. The smallest absolute Gasteiger partial charge is 0.328 e. The summed E-state index contributed by atoms with van der Waals surface area (Å²) >= 11 is 0. The minimum absolute atomic E-state index is 0.0882. The molecular formula is C25H33FN2O6. The third-order valence-electron chi connectivity index (χ3n) is 5.94. The number of ether oxygens (including phenoxy) is 3. The van der Waals surface area contributed by atoms with Gasteiger partial charge in [-0.05, 0) is 25.8 Å². The Morgan fingerprint density at radius 3 is 2.32 bits per heavy atom. The fourth-order valence-electron chi connectivity index (χ4n) is 4.10. The highest BCUT2D eigenvalue weighted by atomic mass is 19.1. The lowest BCUT2D eigenvalue weighted by Crippen LogP contribution is -2.42. The Kier molecular flexibility index (Phi) is 9.65. The van der Waals surface area contributed by atoms with Gasteiger partial charge >= 0.3 is 5.97 Å². The maximum Gasteiger partial charge on any atom is 0.328 e. The first-order valence-electron chi connectivity index (χ1n) is 11.2. The molecule has 0 spiro atoms. The Balaban J connectivity index is 2.21. The van der Waals surface area contributed by atoms with E-state index in [9.17, 15) is 19.1 Å². The lowest BCUT2D eigenvalue weighted by Gasteiger charge is -2.32. The van der Waals surface area contributed by atoms with Crippen LogP contribution in [0.2, 0.25) is 0 Å². The van der Waals surface area contributed by atoms with E-state index < -0.39 is 35.6 Å². The molecule has 0 saturated carbocycles. The number of aromatic hydroxyl groups is 1. The van der Waals surface area contributed by atoms with Crippen LogP contribution in [-0.4, -0.2) is 48.3 Å². The molecule has 2 N–H and O–H groups in total. The maximum atomic E-state index is 13.8. The second kappa shape index (κ2) is 12.2. The van der Waals surface area contributed by atoms with Gasteiger partial charge in [0.2, 0.25) is 0 Å². The second-order valence-corrected chi connectivity index (χ2v) is 8.04. The first-order chi connectivity index (χ1) is 16.2. The van der Waals surface area contributed by atoms with E-state index in [2.05, 4.69) is 10.3 Å². The topological polar surface area (TPSA) is 107 Å². The molecule has 1 aromatic heterocycles. The number of hydrogen-bond donors (Lipinski definition) is 2. The van der Waals surface area contributed by atoms with Crippen LogP contribution in [0.5, 0.6) is 17.2 Å². The molecule has 2 aromatic rings. The highest BCUT2D eigenvalue weighted by Gasteiger charge is 2.33. The van der Waals surface area contributed by atoms with Crippen molar-refractivity contribution in [2.75, 3.05) is 14.2 Å². The van der Waals surface area contributed by atoms with Crippen LogP contribution in [-0.2, 0) is 9.53 Å². The van der Waals surface area contributed by atoms with Crippen molar-refractivity contribution in [2.24, 2.45) is 5.92 Å². The van der Waals surface area contributed by atoms with Gasteiger partial charge in [0.05, 0.1) is 14.2 Å². The molecule has 0 fully saturated rings. The van der Waals surface area contributed by atoms with Gasteiger partial charge in [0.15, 0.2) is 17.2 Å². The molecule has 0 bridgehead atoms. The molecule has 1 heterocycles. The summed E-state index contributed by atoms with van der Waals surface area (Å²) in [5, 5.41) is 12.6. The number of pyridine rings is 1. The molecule has 0 aliphatic rings.